The molecule has 7 nitrogen and oxygen atoms in total. The van der Waals surface area contributed by atoms with E-state index >= 15 is 0 Å². The first-order valence-electron chi connectivity index (χ1n) is 9.43. The molecule has 29 heavy (non-hydrogen) atoms. The molecule has 0 radical (unpaired) electrons. The summed E-state index contributed by atoms with van der Waals surface area (Å²) in [4.78, 5) is 12.4. The highest BCUT2D eigenvalue weighted by Gasteiger charge is 2.18. The summed E-state index contributed by atoms with van der Waals surface area (Å²) in [6.07, 6.45) is 1.87. The summed E-state index contributed by atoms with van der Waals surface area (Å²) in [6.45, 7) is 2.31. The Hall–Kier alpha value is -3.00. The van der Waals surface area contributed by atoms with Crippen molar-refractivity contribution < 1.29 is 18.7 Å². The third-order valence-corrected chi connectivity index (χ3v) is 5.29. The Balaban J connectivity index is 1.35. The molecule has 0 spiro atoms. The van der Waals surface area contributed by atoms with E-state index < -0.39 is 0 Å². The molecule has 8 heteroatoms. The topological polar surface area (TPSA) is 86.5 Å². The Morgan fingerprint density at radius 3 is 2.79 bits per heavy atom. The zero-order valence-electron chi connectivity index (χ0n) is 16.0. The van der Waals surface area contributed by atoms with Gasteiger partial charge >= 0.3 is 0 Å². The summed E-state index contributed by atoms with van der Waals surface area (Å²) in [5.41, 5.74) is 1.85. The monoisotopic (exact) mass is 411 g/mol. The Kier molecular flexibility index (Phi) is 6.00. The predicted octanol–water partition coefficient (Wildman–Crippen LogP) is 4.22. The Labute approximate surface area is 172 Å². The number of amides is 1. The molecule has 4 rings (SSSR count). The molecule has 2 heterocycles. The lowest BCUT2D eigenvalue weighted by molar-refractivity contribution is -0.119. The van der Waals surface area contributed by atoms with E-state index in [0.717, 1.165) is 24.0 Å². The van der Waals surface area contributed by atoms with Crippen molar-refractivity contribution in [1.82, 2.24) is 15.5 Å². The molecule has 0 bridgehead atoms. The van der Waals surface area contributed by atoms with Crippen LogP contribution in [0.25, 0.3) is 11.5 Å². The number of ether oxygens (including phenoxy) is 2. The van der Waals surface area contributed by atoms with Crippen molar-refractivity contribution in [2.45, 2.75) is 31.0 Å². The van der Waals surface area contributed by atoms with Gasteiger partial charge < -0.3 is 19.2 Å². The number of carbonyl (C=O) groups excluding carboxylic acids is 1. The van der Waals surface area contributed by atoms with Gasteiger partial charge in [-0.05, 0) is 30.2 Å². The third-order valence-electron chi connectivity index (χ3n) is 4.47. The molecular weight excluding hydrogens is 390 g/mol. The average Bonchev–Trinajstić information content (AvgIpc) is 3.41. The molecule has 0 fully saturated rings. The zero-order valence-corrected chi connectivity index (χ0v) is 16.8. The maximum atomic E-state index is 12.4. The maximum absolute atomic E-state index is 12.4. The van der Waals surface area contributed by atoms with Crippen LogP contribution in [0.15, 0.2) is 58.2 Å². The fourth-order valence-corrected chi connectivity index (χ4v) is 3.65. The van der Waals surface area contributed by atoms with E-state index in [9.17, 15) is 4.79 Å². The molecule has 0 saturated carbocycles. The van der Waals surface area contributed by atoms with Gasteiger partial charge in [-0.15, -0.1) is 10.2 Å². The second-order valence-electron chi connectivity index (χ2n) is 6.55. The number of benzene rings is 2. The molecule has 1 atom stereocenters. The van der Waals surface area contributed by atoms with E-state index in [0.29, 0.717) is 22.6 Å². The van der Waals surface area contributed by atoms with E-state index in [1.165, 1.54) is 11.8 Å². The largest absolute Gasteiger partial charge is 0.454 e. The molecule has 1 amide bonds. The SMILES string of the molecule is CCC[C@@H](NC(=O)CSc1nnc(-c2ccc3c(c2)OCO3)o1)c1ccccc1. The van der Waals surface area contributed by atoms with Gasteiger partial charge in [-0.2, -0.15) is 0 Å². The van der Waals surface area contributed by atoms with Gasteiger partial charge in [0.25, 0.3) is 5.22 Å². The lowest BCUT2D eigenvalue weighted by atomic mass is 10.0. The number of rotatable bonds is 8. The molecular formula is C21H21N3O4S. The van der Waals surface area contributed by atoms with E-state index in [1.54, 1.807) is 12.1 Å². The van der Waals surface area contributed by atoms with Crippen LogP contribution in [0.4, 0.5) is 0 Å². The van der Waals surface area contributed by atoms with Crippen LogP contribution in [0.5, 0.6) is 11.5 Å². The quantitative estimate of drug-likeness (QED) is 0.556. The van der Waals surface area contributed by atoms with Crippen molar-refractivity contribution >= 4 is 17.7 Å². The van der Waals surface area contributed by atoms with Crippen molar-refractivity contribution in [2.24, 2.45) is 0 Å². The van der Waals surface area contributed by atoms with Crippen LogP contribution in [0.2, 0.25) is 0 Å². The van der Waals surface area contributed by atoms with Gasteiger partial charge in [0.15, 0.2) is 11.5 Å². The predicted molar refractivity (Wildman–Crippen MR) is 109 cm³/mol. The number of hydrogen-bond donors (Lipinski definition) is 1. The molecule has 150 valence electrons. The minimum Gasteiger partial charge on any atom is -0.454 e. The van der Waals surface area contributed by atoms with Crippen LogP contribution in [-0.2, 0) is 4.79 Å². The summed E-state index contributed by atoms with van der Waals surface area (Å²) < 4.78 is 16.4. The number of aromatic nitrogens is 2. The fourth-order valence-electron chi connectivity index (χ4n) is 3.07. The highest BCUT2D eigenvalue weighted by molar-refractivity contribution is 7.99. The average molecular weight is 411 g/mol. The number of nitrogens with zero attached hydrogens (tertiary/aromatic N) is 2. The van der Waals surface area contributed by atoms with Crippen LogP contribution in [0.1, 0.15) is 31.4 Å². The molecule has 3 aromatic rings. The molecule has 1 aromatic heterocycles. The summed E-state index contributed by atoms with van der Waals surface area (Å²) in [6, 6.07) is 15.4. The molecule has 0 unspecified atom stereocenters. The van der Waals surface area contributed by atoms with Gasteiger partial charge in [0.1, 0.15) is 0 Å². The van der Waals surface area contributed by atoms with Crippen LogP contribution < -0.4 is 14.8 Å². The number of hydrogen-bond acceptors (Lipinski definition) is 7. The Morgan fingerprint density at radius 2 is 1.97 bits per heavy atom. The van der Waals surface area contributed by atoms with Gasteiger partial charge in [0.05, 0.1) is 11.8 Å². The van der Waals surface area contributed by atoms with Crippen molar-refractivity contribution in [3.63, 3.8) is 0 Å². The fraction of sp³-hybridized carbons (Fsp3) is 0.286. The lowest BCUT2D eigenvalue weighted by Gasteiger charge is -2.18. The summed E-state index contributed by atoms with van der Waals surface area (Å²) in [5, 5.41) is 11.5. The minimum atomic E-state index is -0.0693. The molecule has 1 aliphatic heterocycles. The van der Waals surface area contributed by atoms with Crippen LogP contribution in [-0.4, -0.2) is 28.7 Å². The number of nitrogens with one attached hydrogen (secondary N) is 1. The zero-order chi connectivity index (χ0) is 20.1. The van der Waals surface area contributed by atoms with E-state index in [-0.39, 0.29) is 24.5 Å². The summed E-state index contributed by atoms with van der Waals surface area (Å²) in [7, 11) is 0. The first-order valence-corrected chi connectivity index (χ1v) is 10.4. The van der Waals surface area contributed by atoms with Gasteiger partial charge in [0.2, 0.25) is 18.6 Å². The normalized spacial score (nSPS) is 13.3. The number of carbonyl (C=O) groups is 1. The molecule has 2 aromatic carbocycles. The van der Waals surface area contributed by atoms with E-state index in [4.69, 9.17) is 13.9 Å². The summed E-state index contributed by atoms with van der Waals surface area (Å²) >= 11 is 1.22. The van der Waals surface area contributed by atoms with Crippen LogP contribution >= 0.6 is 11.8 Å². The van der Waals surface area contributed by atoms with Gasteiger partial charge in [-0.25, -0.2) is 0 Å². The van der Waals surface area contributed by atoms with Gasteiger partial charge in [0, 0.05) is 5.56 Å². The molecule has 1 N–H and O–H groups in total. The van der Waals surface area contributed by atoms with Crippen molar-refractivity contribution in [3.8, 4) is 23.0 Å². The Bertz CT molecular complexity index is 977. The minimum absolute atomic E-state index is 0.00109. The first kappa shape index (κ1) is 19.3. The summed E-state index contributed by atoms with van der Waals surface area (Å²) in [5.74, 6) is 1.85. The van der Waals surface area contributed by atoms with Crippen molar-refractivity contribution in [1.29, 1.82) is 0 Å². The van der Waals surface area contributed by atoms with Gasteiger partial charge in [-0.1, -0.05) is 55.4 Å². The van der Waals surface area contributed by atoms with Crippen LogP contribution in [0.3, 0.4) is 0 Å². The lowest BCUT2D eigenvalue weighted by Crippen LogP contribution is -2.29. The molecule has 0 aliphatic carbocycles. The third kappa shape index (κ3) is 4.71. The first-order chi connectivity index (χ1) is 14.2. The maximum Gasteiger partial charge on any atom is 0.277 e. The highest BCUT2D eigenvalue weighted by atomic mass is 32.2. The highest BCUT2D eigenvalue weighted by Crippen LogP contribution is 2.36. The van der Waals surface area contributed by atoms with Crippen molar-refractivity contribution in [2.75, 3.05) is 12.5 Å². The van der Waals surface area contributed by atoms with E-state index in [1.807, 2.05) is 36.4 Å². The number of fused-ring (bicyclic) bond motifs is 1. The standard InChI is InChI=1S/C21H21N3O4S/c1-2-6-16(14-7-4-3-5-8-14)22-19(25)12-29-21-24-23-20(28-21)15-9-10-17-18(11-15)27-13-26-17/h3-5,7-11,16H,2,6,12-13H2,1H3,(H,22,25)/t16-/m1/s1. The van der Waals surface area contributed by atoms with Crippen LogP contribution in [0, 0.1) is 0 Å². The molecule has 1 aliphatic rings. The second-order valence-corrected chi connectivity index (χ2v) is 7.48. The smallest absolute Gasteiger partial charge is 0.277 e. The van der Waals surface area contributed by atoms with Gasteiger partial charge in [-0.3, -0.25) is 4.79 Å². The molecule has 0 saturated heterocycles. The Morgan fingerprint density at radius 1 is 1.14 bits per heavy atom. The number of thioether (sulfide) groups is 1. The van der Waals surface area contributed by atoms with E-state index in [2.05, 4.69) is 22.4 Å². The van der Waals surface area contributed by atoms with Crippen molar-refractivity contribution in [3.05, 3.63) is 54.1 Å². The second kappa shape index (κ2) is 9.00.